The average Bonchev–Trinajstić information content (AvgIpc) is 3.56. The number of carbonyl (C=O) groups is 1. The monoisotopic (exact) mass is 560 g/mol. The van der Waals surface area contributed by atoms with Crippen molar-refractivity contribution in [2.45, 2.75) is 37.9 Å². The summed E-state index contributed by atoms with van der Waals surface area (Å²) >= 11 is 0. The van der Waals surface area contributed by atoms with Gasteiger partial charge in [-0.25, -0.2) is 15.0 Å². The number of imidazole rings is 1. The third kappa shape index (κ3) is 5.99. The fourth-order valence-electron chi connectivity index (χ4n) is 4.76. The topological polar surface area (TPSA) is 153 Å². The zero-order chi connectivity index (χ0) is 28.9. The van der Waals surface area contributed by atoms with Crippen molar-refractivity contribution in [3.8, 4) is 11.5 Å². The van der Waals surface area contributed by atoms with Crippen LogP contribution in [0.15, 0.2) is 61.2 Å². The molecule has 12 nitrogen and oxygen atoms in total. The standard InChI is InChI=1S/C29H32N6O6/c1-17-6-4-5-7-19(17)13-30-27-25-28(32-15-31-27)35(16-33-25)29-24(26(38)22(14-36)41-29)34-23(37)9-8-18-10-20(39-2)12-21(11-18)40-3/h4-12,15-16,22,24,26,29,36,38H,13-14H2,1-3H3,(H,34,37)(H,30,31,32)/b9-8+/t22-,24-,26-,29-/m1/s1. The second-order valence-corrected chi connectivity index (χ2v) is 9.58. The molecule has 2 aromatic heterocycles. The first-order valence-electron chi connectivity index (χ1n) is 13.0. The highest BCUT2D eigenvalue weighted by atomic mass is 16.5. The molecule has 0 saturated carbocycles. The van der Waals surface area contributed by atoms with Gasteiger partial charge in [-0.2, -0.15) is 0 Å². The van der Waals surface area contributed by atoms with Crippen molar-refractivity contribution < 1.29 is 29.2 Å². The number of hydrogen-bond donors (Lipinski definition) is 4. The number of fused-ring (bicyclic) bond motifs is 1. The van der Waals surface area contributed by atoms with E-state index in [1.807, 2.05) is 31.2 Å². The highest BCUT2D eigenvalue weighted by Crippen LogP contribution is 2.32. The van der Waals surface area contributed by atoms with Gasteiger partial charge in [0.1, 0.15) is 36.1 Å². The minimum absolute atomic E-state index is 0.436. The Morgan fingerprint density at radius 1 is 1.12 bits per heavy atom. The molecule has 1 saturated heterocycles. The van der Waals surface area contributed by atoms with E-state index >= 15 is 0 Å². The van der Waals surface area contributed by atoms with E-state index in [0.29, 0.717) is 40.6 Å². The molecule has 4 N–H and O–H groups in total. The van der Waals surface area contributed by atoms with Crippen molar-refractivity contribution in [2.75, 3.05) is 26.1 Å². The normalized spacial score (nSPS) is 20.4. The first kappa shape index (κ1) is 28.0. The predicted octanol–water partition coefficient (Wildman–Crippen LogP) is 2.21. The lowest BCUT2D eigenvalue weighted by atomic mass is 10.1. The Morgan fingerprint density at radius 3 is 2.59 bits per heavy atom. The molecule has 4 atom stereocenters. The molecule has 1 aliphatic heterocycles. The maximum atomic E-state index is 13.0. The summed E-state index contributed by atoms with van der Waals surface area (Å²) in [5.41, 5.74) is 3.91. The van der Waals surface area contributed by atoms with Crippen LogP contribution in [-0.4, -0.2) is 74.7 Å². The number of aliphatic hydroxyl groups excluding tert-OH is 2. The summed E-state index contributed by atoms with van der Waals surface area (Å²) in [5, 5.41) is 26.9. The molecule has 12 heteroatoms. The molecule has 1 amide bonds. The number of amides is 1. The summed E-state index contributed by atoms with van der Waals surface area (Å²) < 4.78 is 18.1. The van der Waals surface area contributed by atoms with Gasteiger partial charge in [-0.05, 0) is 41.8 Å². The van der Waals surface area contributed by atoms with Crippen LogP contribution in [0.2, 0.25) is 0 Å². The number of nitrogens with zero attached hydrogens (tertiary/aromatic N) is 4. The van der Waals surface area contributed by atoms with Crippen molar-refractivity contribution >= 4 is 29.0 Å². The van der Waals surface area contributed by atoms with Gasteiger partial charge < -0.3 is 35.1 Å². The van der Waals surface area contributed by atoms with Crippen LogP contribution in [0.1, 0.15) is 22.9 Å². The second-order valence-electron chi connectivity index (χ2n) is 9.58. The largest absolute Gasteiger partial charge is 0.497 e. The number of rotatable bonds is 10. The van der Waals surface area contributed by atoms with E-state index in [2.05, 4.69) is 25.6 Å². The van der Waals surface area contributed by atoms with E-state index in [-0.39, 0.29) is 0 Å². The molecule has 0 bridgehead atoms. The second kappa shape index (κ2) is 12.3. The number of anilines is 1. The van der Waals surface area contributed by atoms with Gasteiger partial charge in [0, 0.05) is 18.7 Å². The molecule has 0 unspecified atom stereocenters. The maximum absolute atomic E-state index is 13.0. The van der Waals surface area contributed by atoms with Gasteiger partial charge in [0.15, 0.2) is 23.2 Å². The Bertz CT molecular complexity index is 1530. The number of aliphatic hydroxyl groups is 2. The van der Waals surface area contributed by atoms with Crippen molar-refractivity contribution in [1.29, 1.82) is 0 Å². The van der Waals surface area contributed by atoms with E-state index in [1.165, 1.54) is 18.7 Å². The molecule has 0 radical (unpaired) electrons. The number of hydrogen-bond acceptors (Lipinski definition) is 10. The molecule has 1 aliphatic rings. The van der Waals surface area contributed by atoms with E-state index in [9.17, 15) is 15.0 Å². The van der Waals surface area contributed by atoms with Gasteiger partial charge in [0.2, 0.25) is 5.91 Å². The van der Waals surface area contributed by atoms with Crippen LogP contribution in [0.25, 0.3) is 17.2 Å². The SMILES string of the molecule is COc1cc(/C=C/C(=O)N[C@@H]2[C@H](O)[C@@H](CO)O[C@H]2n2cnc3c(NCc4ccccc4C)ncnc32)cc(OC)c1. The molecular weight excluding hydrogens is 528 g/mol. The van der Waals surface area contributed by atoms with E-state index in [4.69, 9.17) is 14.2 Å². The Balaban J connectivity index is 1.37. The van der Waals surface area contributed by atoms with Crippen LogP contribution in [0.4, 0.5) is 5.82 Å². The molecule has 5 rings (SSSR count). The first-order chi connectivity index (χ1) is 19.9. The lowest BCUT2D eigenvalue weighted by Crippen LogP contribution is -2.46. The Labute approximate surface area is 236 Å². The number of aryl methyl sites for hydroxylation is 1. The number of methoxy groups -OCH3 is 2. The smallest absolute Gasteiger partial charge is 0.244 e. The van der Waals surface area contributed by atoms with Gasteiger partial charge in [0.25, 0.3) is 0 Å². The number of ether oxygens (including phenoxy) is 3. The van der Waals surface area contributed by atoms with E-state index < -0.39 is 37.0 Å². The van der Waals surface area contributed by atoms with Crippen LogP contribution in [0, 0.1) is 6.92 Å². The summed E-state index contributed by atoms with van der Waals surface area (Å²) in [6.45, 7) is 2.15. The molecule has 1 fully saturated rings. The molecule has 0 spiro atoms. The zero-order valence-electron chi connectivity index (χ0n) is 22.9. The highest BCUT2D eigenvalue weighted by molar-refractivity contribution is 5.92. The van der Waals surface area contributed by atoms with Gasteiger partial charge in [0.05, 0.1) is 27.2 Å². The lowest BCUT2D eigenvalue weighted by Gasteiger charge is -2.22. The molecule has 41 heavy (non-hydrogen) atoms. The Morgan fingerprint density at radius 2 is 1.88 bits per heavy atom. The molecule has 0 aliphatic carbocycles. The van der Waals surface area contributed by atoms with Crippen molar-refractivity contribution in [2.24, 2.45) is 0 Å². The minimum atomic E-state index is -1.18. The van der Waals surface area contributed by atoms with Crippen molar-refractivity contribution in [3.05, 3.63) is 77.9 Å². The minimum Gasteiger partial charge on any atom is -0.497 e. The molecule has 3 heterocycles. The van der Waals surface area contributed by atoms with Crippen LogP contribution >= 0.6 is 0 Å². The lowest BCUT2D eigenvalue weighted by molar-refractivity contribution is -0.118. The molecule has 2 aromatic carbocycles. The fourth-order valence-corrected chi connectivity index (χ4v) is 4.76. The van der Waals surface area contributed by atoms with Gasteiger partial charge >= 0.3 is 0 Å². The van der Waals surface area contributed by atoms with Crippen LogP contribution in [0.5, 0.6) is 11.5 Å². The average molecular weight is 561 g/mol. The number of carbonyl (C=O) groups excluding carboxylic acids is 1. The van der Waals surface area contributed by atoms with Crippen LogP contribution in [0.3, 0.4) is 0 Å². The molecule has 214 valence electrons. The maximum Gasteiger partial charge on any atom is 0.244 e. The summed E-state index contributed by atoms with van der Waals surface area (Å²) in [5.74, 6) is 1.22. The van der Waals surface area contributed by atoms with Crippen LogP contribution < -0.4 is 20.1 Å². The van der Waals surface area contributed by atoms with E-state index in [0.717, 1.165) is 11.1 Å². The van der Waals surface area contributed by atoms with Gasteiger partial charge in [-0.1, -0.05) is 24.3 Å². The summed E-state index contributed by atoms with van der Waals surface area (Å²) in [6, 6.07) is 12.4. The molecule has 4 aromatic rings. The Kier molecular flexibility index (Phi) is 8.43. The fraction of sp³-hybridized carbons (Fsp3) is 0.310. The summed E-state index contributed by atoms with van der Waals surface area (Å²) in [7, 11) is 3.09. The number of aromatic nitrogens is 4. The van der Waals surface area contributed by atoms with Crippen molar-refractivity contribution in [1.82, 2.24) is 24.8 Å². The Hall–Kier alpha value is -4.52. The summed E-state index contributed by atoms with van der Waals surface area (Å²) in [4.78, 5) is 26.2. The quantitative estimate of drug-likeness (QED) is 0.212. The molecular formula is C29H32N6O6. The highest BCUT2D eigenvalue weighted by Gasteiger charge is 2.45. The third-order valence-electron chi connectivity index (χ3n) is 7.00. The number of nitrogens with one attached hydrogen (secondary N) is 2. The number of benzene rings is 2. The van der Waals surface area contributed by atoms with Gasteiger partial charge in [-0.15, -0.1) is 0 Å². The first-order valence-corrected chi connectivity index (χ1v) is 13.0. The van der Waals surface area contributed by atoms with E-state index in [1.54, 1.807) is 43.1 Å². The predicted molar refractivity (Wildman–Crippen MR) is 151 cm³/mol. The summed E-state index contributed by atoms with van der Waals surface area (Å²) in [6.07, 6.45) is 2.88. The van der Waals surface area contributed by atoms with Crippen molar-refractivity contribution in [3.63, 3.8) is 0 Å². The zero-order valence-corrected chi connectivity index (χ0v) is 22.9. The van der Waals surface area contributed by atoms with Crippen LogP contribution in [-0.2, 0) is 16.1 Å². The van der Waals surface area contributed by atoms with Gasteiger partial charge in [-0.3, -0.25) is 9.36 Å². The third-order valence-corrected chi connectivity index (χ3v) is 7.00.